The second kappa shape index (κ2) is 10.9. The molecule has 4 heteroatoms. The second-order valence-electron chi connectivity index (χ2n) is 10.5. The summed E-state index contributed by atoms with van der Waals surface area (Å²) in [5, 5.41) is 4.85. The summed E-state index contributed by atoms with van der Waals surface area (Å²) in [5.74, 6) is 1.35. The fourth-order valence-electron chi connectivity index (χ4n) is 4.37. The summed E-state index contributed by atoms with van der Waals surface area (Å²) in [4.78, 5) is 17.1. The van der Waals surface area contributed by atoms with E-state index in [-0.39, 0.29) is 11.3 Å². The lowest BCUT2D eigenvalue weighted by molar-refractivity contribution is 0.0949. The number of carbonyl (C=O) groups is 1. The molecule has 190 valence electrons. The van der Waals surface area contributed by atoms with Crippen LogP contribution >= 0.6 is 0 Å². The molecule has 0 saturated heterocycles. The molecule has 0 spiro atoms. The lowest BCUT2D eigenvalue weighted by atomic mass is 9.87. The molecule has 0 aliphatic heterocycles. The Balaban J connectivity index is 1.17. The molecule has 0 fully saturated rings. The van der Waals surface area contributed by atoms with Gasteiger partial charge >= 0.3 is 0 Å². The number of hydrogen-bond acceptors (Lipinski definition) is 3. The zero-order valence-corrected chi connectivity index (χ0v) is 22.1. The van der Waals surface area contributed by atoms with E-state index in [4.69, 9.17) is 4.74 Å². The highest BCUT2D eigenvalue weighted by atomic mass is 16.5. The fourth-order valence-corrected chi connectivity index (χ4v) is 4.37. The monoisotopic (exact) mass is 500 g/mol. The SMILES string of the molecule is CC(C)(C)c1ccc(Oc2ccc3cc(C(=O)NCCc4ccc(-c5ccccc5)cc4)ncc3c2)cc1. The lowest BCUT2D eigenvalue weighted by Crippen LogP contribution is -2.26. The van der Waals surface area contributed by atoms with Crippen LogP contribution in [0.1, 0.15) is 42.4 Å². The predicted molar refractivity (Wildman–Crippen MR) is 155 cm³/mol. The molecule has 0 bridgehead atoms. The van der Waals surface area contributed by atoms with Gasteiger partial charge in [-0.25, -0.2) is 0 Å². The number of nitrogens with one attached hydrogen (secondary N) is 1. The normalized spacial score (nSPS) is 11.3. The minimum Gasteiger partial charge on any atom is -0.457 e. The topological polar surface area (TPSA) is 51.2 Å². The maximum absolute atomic E-state index is 12.7. The highest BCUT2D eigenvalue weighted by Crippen LogP contribution is 2.29. The third kappa shape index (κ3) is 6.09. The van der Waals surface area contributed by atoms with E-state index in [0.717, 1.165) is 28.7 Å². The summed E-state index contributed by atoms with van der Waals surface area (Å²) in [5.41, 5.74) is 5.33. The van der Waals surface area contributed by atoms with Gasteiger partial charge in [0, 0.05) is 18.1 Å². The number of nitrogens with zero attached hydrogens (tertiary/aromatic N) is 1. The van der Waals surface area contributed by atoms with Crippen molar-refractivity contribution >= 4 is 16.7 Å². The zero-order chi connectivity index (χ0) is 26.5. The van der Waals surface area contributed by atoms with Gasteiger partial charge in [-0.05, 0) is 69.8 Å². The number of aromatic nitrogens is 1. The summed E-state index contributed by atoms with van der Waals surface area (Å²) in [6, 6.07) is 34.6. The van der Waals surface area contributed by atoms with Gasteiger partial charge in [-0.15, -0.1) is 0 Å². The van der Waals surface area contributed by atoms with E-state index in [9.17, 15) is 4.79 Å². The van der Waals surface area contributed by atoms with Crippen molar-refractivity contribution < 1.29 is 9.53 Å². The Kier molecular flexibility index (Phi) is 7.23. The lowest BCUT2D eigenvalue weighted by Gasteiger charge is -2.19. The average Bonchev–Trinajstić information content (AvgIpc) is 2.93. The molecule has 38 heavy (non-hydrogen) atoms. The molecule has 5 rings (SSSR count). The van der Waals surface area contributed by atoms with Crippen molar-refractivity contribution in [2.45, 2.75) is 32.6 Å². The Bertz CT molecular complexity index is 1530. The molecule has 4 nitrogen and oxygen atoms in total. The molecular weight excluding hydrogens is 468 g/mol. The minimum absolute atomic E-state index is 0.102. The molecule has 1 amide bonds. The van der Waals surface area contributed by atoms with Gasteiger partial charge in [-0.1, -0.05) is 93.6 Å². The molecule has 0 aliphatic carbocycles. The molecule has 0 atom stereocenters. The Morgan fingerprint density at radius 1 is 0.763 bits per heavy atom. The van der Waals surface area contributed by atoms with Crippen LogP contribution in [0.5, 0.6) is 11.5 Å². The van der Waals surface area contributed by atoms with Crippen LogP contribution in [0.3, 0.4) is 0 Å². The van der Waals surface area contributed by atoms with E-state index >= 15 is 0 Å². The Labute approximate surface area is 224 Å². The summed E-state index contributed by atoms with van der Waals surface area (Å²) in [7, 11) is 0. The minimum atomic E-state index is -0.174. The summed E-state index contributed by atoms with van der Waals surface area (Å²) in [6.45, 7) is 7.12. The van der Waals surface area contributed by atoms with Crippen molar-refractivity contribution in [3.8, 4) is 22.6 Å². The molecule has 0 aliphatic rings. The second-order valence-corrected chi connectivity index (χ2v) is 10.5. The van der Waals surface area contributed by atoms with Gasteiger partial charge in [0.05, 0.1) is 0 Å². The molecule has 5 aromatic rings. The van der Waals surface area contributed by atoms with Gasteiger partial charge in [-0.3, -0.25) is 9.78 Å². The van der Waals surface area contributed by atoms with Crippen molar-refractivity contribution in [1.29, 1.82) is 0 Å². The molecule has 0 radical (unpaired) electrons. The first-order chi connectivity index (χ1) is 18.3. The number of rotatable bonds is 7. The van der Waals surface area contributed by atoms with Crippen LogP contribution in [0.2, 0.25) is 0 Å². The van der Waals surface area contributed by atoms with Crippen LogP contribution < -0.4 is 10.1 Å². The van der Waals surface area contributed by atoms with Gasteiger partial charge in [0.25, 0.3) is 5.91 Å². The number of pyridine rings is 1. The van der Waals surface area contributed by atoms with Gasteiger partial charge in [0.1, 0.15) is 17.2 Å². The Hall–Kier alpha value is -4.44. The van der Waals surface area contributed by atoms with Crippen LogP contribution in [0.15, 0.2) is 109 Å². The Morgan fingerprint density at radius 2 is 1.45 bits per heavy atom. The van der Waals surface area contributed by atoms with E-state index in [2.05, 4.69) is 79.6 Å². The molecular formula is C34H32N2O2. The van der Waals surface area contributed by atoms with E-state index in [0.29, 0.717) is 12.2 Å². The van der Waals surface area contributed by atoms with Crippen molar-refractivity contribution in [2.75, 3.05) is 6.54 Å². The molecule has 1 aromatic heterocycles. The molecule has 4 aromatic carbocycles. The zero-order valence-electron chi connectivity index (χ0n) is 22.1. The van der Waals surface area contributed by atoms with Gasteiger partial charge in [0.15, 0.2) is 0 Å². The smallest absolute Gasteiger partial charge is 0.269 e. The van der Waals surface area contributed by atoms with E-state index in [1.807, 2.05) is 54.6 Å². The number of carbonyl (C=O) groups excluding carboxylic acids is 1. The van der Waals surface area contributed by atoms with E-state index in [1.54, 1.807) is 6.20 Å². The highest BCUT2D eigenvalue weighted by Gasteiger charge is 2.13. The van der Waals surface area contributed by atoms with E-state index < -0.39 is 0 Å². The first kappa shape index (κ1) is 25.2. The predicted octanol–water partition coefficient (Wildman–Crippen LogP) is 7.96. The van der Waals surface area contributed by atoms with E-state index in [1.165, 1.54) is 22.3 Å². The number of amides is 1. The third-order valence-electron chi connectivity index (χ3n) is 6.64. The van der Waals surface area contributed by atoms with Crippen LogP contribution in [0, 0.1) is 0 Å². The highest BCUT2D eigenvalue weighted by molar-refractivity contribution is 5.96. The molecule has 0 unspecified atom stereocenters. The van der Waals surface area contributed by atoms with Gasteiger partial charge < -0.3 is 10.1 Å². The quantitative estimate of drug-likeness (QED) is 0.247. The largest absolute Gasteiger partial charge is 0.457 e. The third-order valence-corrected chi connectivity index (χ3v) is 6.64. The number of ether oxygens (including phenoxy) is 1. The molecule has 0 saturated carbocycles. The summed E-state index contributed by atoms with van der Waals surface area (Å²) in [6.07, 6.45) is 2.48. The maximum Gasteiger partial charge on any atom is 0.269 e. The van der Waals surface area contributed by atoms with Crippen molar-refractivity contribution in [2.24, 2.45) is 0 Å². The number of hydrogen-bond donors (Lipinski definition) is 1. The summed E-state index contributed by atoms with van der Waals surface area (Å²) >= 11 is 0. The van der Waals surface area contributed by atoms with Crippen molar-refractivity contribution in [1.82, 2.24) is 10.3 Å². The van der Waals surface area contributed by atoms with Crippen LogP contribution in [-0.4, -0.2) is 17.4 Å². The molecule has 1 N–H and O–H groups in total. The van der Waals surface area contributed by atoms with Crippen LogP contribution in [0.25, 0.3) is 21.9 Å². The van der Waals surface area contributed by atoms with Crippen LogP contribution in [0.4, 0.5) is 0 Å². The average molecular weight is 501 g/mol. The molecule has 1 heterocycles. The van der Waals surface area contributed by atoms with Crippen LogP contribution in [-0.2, 0) is 11.8 Å². The first-order valence-corrected chi connectivity index (χ1v) is 13.0. The van der Waals surface area contributed by atoms with Gasteiger partial charge in [-0.2, -0.15) is 0 Å². The number of fused-ring (bicyclic) bond motifs is 1. The summed E-state index contributed by atoms with van der Waals surface area (Å²) < 4.78 is 6.05. The first-order valence-electron chi connectivity index (χ1n) is 13.0. The fraction of sp³-hybridized carbons (Fsp3) is 0.176. The standard InChI is InChI=1S/C34H32N2O2/c1-34(2,3)29-14-17-30(18-15-29)38-31-16-13-27-22-32(36-23-28(27)21-31)33(37)35-20-19-24-9-11-26(12-10-24)25-7-5-4-6-8-25/h4-18,21-23H,19-20H2,1-3H3,(H,35,37). The van der Waals surface area contributed by atoms with Crippen molar-refractivity contribution in [3.05, 3.63) is 126 Å². The van der Waals surface area contributed by atoms with Gasteiger partial charge in [0.2, 0.25) is 0 Å². The van der Waals surface area contributed by atoms with Crippen molar-refractivity contribution in [3.63, 3.8) is 0 Å². The maximum atomic E-state index is 12.7. The number of benzene rings is 4. The Morgan fingerprint density at radius 3 is 2.16 bits per heavy atom.